The molecule has 2 aromatic carbocycles. The standard InChI is InChI=1S/C19H22N2O3/c1-14-2-5-16(19(22)23)12-18(14)20-17-6-3-15(4-7-17)13-21-8-10-24-11-9-21/h2-7,12,20H,8-11,13H2,1H3,(H,22,23). The minimum atomic E-state index is -0.918. The molecule has 0 aliphatic carbocycles. The van der Waals surface area contributed by atoms with Gasteiger partial charge < -0.3 is 15.2 Å². The van der Waals surface area contributed by atoms with Crippen molar-refractivity contribution in [3.8, 4) is 0 Å². The molecule has 5 heteroatoms. The van der Waals surface area contributed by atoms with E-state index in [2.05, 4.69) is 22.3 Å². The third-order valence-corrected chi connectivity index (χ3v) is 4.23. The third kappa shape index (κ3) is 4.13. The van der Waals surface area contributed by atoms with Crippen molar-refractivity contribution < 1.29 is 14.6 Å². The van der Waals surface area contributed by atoms with Crippen molar-refractivity contribution in [3.05, 3.63) is 59.2 Å². The number of benzene rings is 2. The number of carboxylic acid groups (broad SMARTS) is 1. The van der Waals surface area contributed by atoms with Crippen molar-refractivity contribution in [1.29, 1.82) is 0 Å². The van der Waals surface area contributed by atoms with Crippen LogP contribution in [0.15, 0.2) is 42.5 Å². The largest absolute Gasteiger partial charge is 0.478 e. The number of aromatic carboxylic acids is 1. The van der Waals surface area contributed by atoms with Crippen molar-refractivity contribution >= 4 is 17.3 Å². The molecule has 1 heterocycles. The van der Waals surface area contributed by atoms with Crippen LogP contribution in [0.1, 0.15) is 21.5 Å². The Balaban J connectivity index is 1.67. The average molecular weight is 326 g/mol. The predicted molar refractivity (Wildman–Crippen MR) is 94.0 cm³/mol. The van der Waals surface area contributed by atoms with Crippen molar-refractivity contribution in [2.24, 2.45) is 0 Å². The Morgan fingerprint density at radius 1 is 1.17 bits per heavy atom. The molecule has 1 aliphatic rings. The Hall–Kier alpha value is -2.37. The highest BCUT2D eigenvalue weighted by Gasteiger charge is 2.11. The van der Waals surface area contributed by atoms with Crippen molar-refractivity contribution in [1.82, 2.24) is 4.90 Å². The molecule has 1 aliphatic heterocycles. The van der Waals surface area contributed by atoms with E-state index in [-0.39, 0.29) is 5.56 Å². The van der Waals surface area contributed by atoms with Crippen LogP contribution in [0.3, 0.4) is 0 Å². The average Bonchev–Trinajstić information content (AvgIpc) is 2.59. The minimum Gasteiger partial charge on any atom is -0.478 e. The van der Waals surface area contributed by atoms with Gasteiger partial charge in [-0.3, -0.25) is 4.90 Å². The van der Waals surface area contributed by atoms with Gasteiger partial charge in [0, 0.05) is 31.0 Å². The summed E-state index contributed by atoms with van der Waals surface area (Å²) >= 11 is 0. The third-order valence-electron chi connectivity index (χ3n) is 4.23. The number of morpholine rings is 1. The number of carbonyl (C=O) groups is 1. The fourth-order valence-electron chi connectivity index (χ4n) is 2.76. The normalized spacial score (nSPS) is 15.2. The van der Waals surface area contributed by atoms with Crippen LogP contribution in [0.2, 0.25) is 0 Å². The zero-order valence-corrected chi connectivity index (χ0v) is 13.8. The highest BCUT2D eigenvalue weighted by molar-refractivity contribution is 5.89. The van der Waals surface area contributed by atoms with Gasteiger partial charge in [0.05, 0.1) is 18.8 Å². The first-order chi connectivity index (χ1) is 11.6. The maximum Gasteiger partial charge on any atom is 0.335 e. The summed E-state index contributed by atoms with van der Waals surface area (Å²) in [7, 11) is 0. The van der Waals surface area contributed by atoms with E-state index in [0.717, 1.165) is 49.8 Å². The number of nitrogens with one attached hydrogen (secondary N) is 1. The van der Waals surface area contributed by atoms with Crippen molar-refractivity contribution in [3.63, 3.8) is 0 Å². The van der Waals surface area contributed by atoms with Gasteiger partial charge in [-0.05, 0) is 42.3 Å². The molecule has 1 fully saturated rings. The lowest BCUT2D eigenvalue weighted by Gasteiger charge is -2.26. The quantitative estimate of drug-likeness (QED) is 0.883. The lowest BCUT2D eigenvalue weighted by Crippen LogP contribution is -2.35. The van der Waals surface area contributed by atoms with Gasteiger partial charge in [-0.25, -0.2) is 4.79 Å². The fourth-order valence-corrected chi connectivity index (χ4v) is 2.76. The molecule has 1 saturated heterocycles. The molecule has 2 aromatic rings. The molecule has 126 valence electrons. The SMILES string of the molecule is Cc1ccc(C(=O)O)cc1Nc1ccc(CN2CCOCC2)cc1. The van der Waals surface area contributed by atoms with E-state index < -0.39 is 5.97 Å². The van der Waals surface area contributed by atoms with E-state index in [0.29, 0.717) is 0 Å². The molecule has 0 unspecified atom stereocenters. The number of rotatable bonds is 5. The van der Waals surface area contributed by atoms with Gasteiger partial charge in [0.2, 0.25) is 0 Å². The molecule has 0 aromatic heterocycles. The molecular weight excluding hydrogens is 304 g/mol. The summed E-state index contributed by atoms with van der Waals surface area (Å²) in [5.41, 5.74) is 4.32. The second-order valence-electron chi connectivity index (χ2n) is 6.05. The van der Waals surface area contributed by atoms with Gasteiger partial charge in [-0.1, -0.05) is 18.2 Å². The lowest BCUT2D eigenvalue weighted by atomic mass is 10.1. The summed E-state index contributed by atoms with van der Waals surface area (Å²) in [6, 6.07) is 13.4. The van der Waals surface area contributed by atoms with Crippen LogP contribution in [0.25, 0.3) is 0 Å². The van der Waals surface area contributed by atoms with Crippen LogP contribution < -0.4 is 5.32 Å². The second-order valence-corrected chi connectivity index (χ2v) is 6.05. The number of nitrogens with zero attached hydrogens (tertiary/aromatic N) is 1. The Kier molecular flexibility index (Phi) is 5.13. The second kappa shape index (κ2) is 7.47. The van der Waals surface area contributed by atoms with Crippen LogP contribution in [-0.4, -0.2) is 42.3 Å². The van der Waals surface area contributed by atoms with Gasteiger partial charge in [-0.15, -0.1) is 0 Å². The summed E-state index contributed by atoms with van der Waals surface area (Å²) in [6.07, 6.45) is 0. The number of carboxylic acids is 1. The van der Waals surface area contributed by atoms with E-state index >= 15 is 0 Å². The lowest BCUT2D eigenvalue weighted by molar-refractivity contribution is 0.0342. The van der Waals surface area contributed by atoms with Crippen LogP contribution in [0.4, 0.5) is 11.4 Å². The molecule has 0 radical (unpaired) electrons. The van der Waals surface area contributed by atoms with Crippen LogP contribution in [0, 0.1) is 6.92 Å². The number of ether oxygens (including phenoxy) is 1. The highest BCUT2D eigenvalue weighted by atomic mass is 16.5. The fraction of sp³-hybridized carbons (Fsp3) is 0.316. The smallest absolute Gasteiger partial charge is 0.335 e. The number of aryl methyl sites for hydroxylation is 1. The summed E-state index contributed by atoms with van der Waals surface area (Å²) in [4.78, 5) is 13.5. The zero-order chi connectivity index (χ0) is 16.9. The van der Waals surface area contributed by atoms with Gasteiger partial charge in [0.25, 0.3) is 0 Å². The highest BCUT2D eigenvalue weighted by Crippen LogP contribution is 2.22. The van der Waals surface area contributed by atoms with Crippen molar-refractivity contribution in [2.45, 2.75) is 13.5 Å². The van der Waals surface area contributed by atoms with E-state index in [9.17, 15) is 4.79 Å². The molecule has 0 atom stereocenters. The molecule has 5 nitrogen and oxygen atoms in total. The van der Waals surface area contributed by atoms with E-state index in [4.69, 9.17) is 9.84 Å². The van der Waals surface area contributed by atoms with Gasteiger partial charge in [0.15, 0.2) is 0 Å². The van der Waals surface area contributed by atoms with Gasteiger partial charge in [-0.2, -0.15) is 0 Å². The molecule has 0 bridgehead atoms. The number of anilines is 2. The number of hydrogen-bond acceptors (Lipinski definition) is 4. The van der Waals surface area contributed by atoms with Gasteiger partial charge >= 0.3 is 5.97 Å². The van der Waals surface area contributed by atoms with Crippen LogP contribution in [-0.2, 0) is 11.3 Å². The molecule has 24 heavy (non-hydrogen) atoms. The summed E-state index contributed by atoms with van der Waals surface area (Å²) in [5.74, 6) is -0.918. The first-order valence-corrected chi connectivity index (χ1v) is 8.12. The minimum absolute atomic E-state index is 0.284. The topological polar surface area (TPSA) is 61.8 Å². The monoisotopic (exact) mass is 326 g/mol. The molecule has 0 amide bonds. The summed E-state index contributed by atoms with van der Waals surface area (Å²) in [5, 5.41) is 12.4. The Bertz CT molecular complexity index is 707. The molecule has 3 rings (SSSR count). The first-order valence-electron chi connectivity index (χ1n) is 8.12. The zero-order valence-electron chi connectivity index (χ0n) is 13.8. The summed E-state index contributed by atoms with van der Waals surface area (Å²) in [6.45, 7) is 6.44. The number of hydrogen-bond donors (Lipinski definition) is 2. The van der Waals surface area contributed by atoms with Gasteiger partial charge in [0.1, 0.15) is 0 Å². The molecule has 0 saturated carbocycles. The van der Waals surface area contributed by atoms with Crippen molar-refractivity contribution in [2.75, 3.05) is 31.6 Å². The van der Waals surface area contributed by atoms with E-state index in [1.807, 2.05) is 25.1 Å². The van der Waals surface area contributed by atoms with E-state index in [1.54, 1.807) is 12.1 Å². The molecule has 2 N–H and O–H groups in total. The Morgan fingerprint density at radius 3 is 2.54 bits per heavy atom. The van der Waals surface area contributed by atoms with E-state index in [1.165, 1.54) is 5.56 Å². The predicted octanol–water partition coefficient (Wildman–Crippen LogP) is 3.27. The summed E-state index contributed by atoms with van der Waals surface area (Å²) < 4.78 is 5.37. The molecular formula is C19H22N2O3. The maximum absolute atomic E-state index is 11.1. The van der Waals surface area contributed by atoms with Crippen LogP contribution in [0.5, 0.6) is 0 Å². The maximum atomic E-state index is 11.1. The first kappa shape index (κ1) is 16.5. The van der Waals surface area contributed by atoms with Crippen LogP contribution >= 0.6 is 0 Å². The Labute approximate surface area is 141 Å². The molecule has 0 spiro atoms. The Morgan fingerprint density at radius 2 is 1.88 bits per heavy atom.